The van der Waals surface area contributed by atoms with E-state index in [1.54, 1.807) is 28.8 Å². The SMILES string of the molecule is Cc1ccc(C#N)cc1N=C1SC(=C2Sc3cc(NCCCO)ccc3N2C)C(=O)N1Cc1ccccc1. The summed E-state index contributed by atoms with van der Waals surface area (Å²) in [4.78, 5) is 24.2. The van der Waals surface area contributed by atoms with Crippen molar-refractivity contribution in [3.05, 3.63) is 93.4 Å². The zero-order valence-electron chi connectivity index (χ0n) is 21.1. The normalized spacial score (nSPS) is 17.7. The predicted octanol–water partition coefficient (Wildman–Crippen LogP) is 5.84. The number of aliphatic hydroxyl groups excluding tert-OH is 1. The number of fused-ring (bicyclic) bond motifs is 1. The van der Waals surface area contributed by atoms with Crippen molar-refractivity contribution in [2.75, 3.05) is 30.4 Å². The van der Waals surface area contributed by atoms with Crippen LogP contribution in [0.15, 0.2) is 86.6 Å². The van der Waals surface area contributed by atoms with E-state index < -0.39 is 0 Å². The standard InChI is InChI=1S/C29H27N5O2S2/c1-19-9-10-21(17-30)15-23(19)32-29-34(18-20-7-4-3-5-8-20)27(36)26(38-29)28-33(2)24-12-11-22(16-25(24)37-28)31-13-6-14-35/h3-5,7-12,15-16,31,35H,6,13-14,18H2,1-2H3. The Hall–Kier alpha value is -3.71. The molecule has 0 saturated carbocycles. The van der Waals surface area contributed by atoms with Crippen molar-refractivity contribution in [2.45, 2.75) is 24.8 Å². The Morgan fingerprint density at radius 1 is 1.08 bits per heavy atom. The third-order valence-electron chi connectivity index (χ3n) is 6.29. The van der Waals surface area contributed by atoms with Gasteiger partial charge in [-0.1, -0.05) is 48.2 Å². The van der Waals surface area contributed by atoms with Crippen molar-refractivity contribution < 1.29 is 9.90 Å². The second-order valence-electron chi connectivity index (χ2n) is 8.97. The molecule has 2 N–H and O–H groups in total. The molecule has 0 bridgehead atoms. The highest BCUT2D eigenvalue weighted by atomic mass is 32.2. The quantitative estimate of drug-likeness (QED) is 0.287. The number of rotatable bonds is 7. The molecule has 5 rings (SSSR count). The number of carbonyl (C=O) groups is 1. The molecule has 0 aliphatic carbocycles. The van der Waals surface area contributed by atoms with Crippen LogP contribution in [0.25, 0.3) is 0 Å². The molecule has 9 heteroatoms. The monoisotopic (exact) mass is 541 g/mol. The molecule has 2 aliphatic rings. The number of aryl methyl sites for hydroxylation is 1. The molecule has 0 spiro atoms. The number of nitrogens with zero attached hydrogens (tertiary/aromatic N) is 4. The van der Waals surface area contributed by atoms with Gasteiger partial charge in [0, 0.05) is 30.8 Å². The molecule has 1 saturated heterocycles. The van der Waals surface area contributed by atoms with E-state index >= 15 is 0 Å². The van der Waals surface area contributed by atoms with Gasteiger partial charge in [0.25, 0.3) is 5.91 Å². The largest absolute Gasteiger partial charge is 0.396 e. The van der Waals surface area contributed by atoms with Crippen LogP contribution < -0.4 is 10.2 Å². The Labute approximate surface area is 230 Å². The van der Waals surface area contributed by atoms with Crippen molar-refractivity contribution in [1.29, 1.82) is 5.26 Å². The van der Waals surface area contributed by atoms with E-state index in [0.717, 1.165) is 32.4 Å². The Balaban J connectivity index is 1.51. The molecule has 192 valence electrons. The predicted molar refractivity (Wildman–Crippen MR) is 155 cm³/mol. The van der Waals surface area contributed by atoms with E-state index in [9.17, 15) is 10.1 Å². The van der Waals surface area contributed by atoms with Gasteiger partial charge in [0.2, 0.25) is 0 Å². The van der Waals surface area contributed by atoms with Crippen LogP contribution in [0.3, 0.4) is 0 Å². The summed E-state index contributed by atoms with van der Waals surface area (Å²) in [7, 11) is 1.98. The maximum absolute atomic E-state index is 13.9. The summed E-state index contributed by atoms with van der Waals surface area (Å²) < 4.78 is 0. The molecule has 0 atom stereocenters. The van der Waals surface area contributed by atoms with Crippen LogP contribution >= 0.6 is 23.5 Å². The summed E-state index contributed by atoms with van der Waals surface area (Å²) >= 11 is 2.95. The number of amidine groups is 1. The number of anilines is 2. The Kier molecular flexibility index (Phi) is 7.74. The number of aliphatic imine (C=N–C) groups is 1. The van der Waals surface area contributed by atoms with E-state index in [2.05, 4.69) is 28.4 Å². The van der Waals surface area contributed by atoms with Crippen LogP contribution in [-0.4, -0.2) is 41.3 Å². The summed E-state index contributed by atoms with van der Waals surface area (Å²) in [6.45, 7) is 3.19. The number of amides is 1. The van der Waals surface area contributed by atoms with Gasteiger partial charge >= 0.3 is 0 Å². The van der Waals surface area contributed by atoms with Crippen molar-refractivity contribution in [3.63, 3.8) is 0 Å². The van der Waals surface area contributed by atoms with Gasteiger partial charge in [0.1, 0.15) is 4.91 Å². The minimum atomic E-state index is -0.0878. The van der Waals surface area contributed by atoms with E-state index in [4.69, 9.17) is 10.1 Å². The molecular formula is C29H27N5O2S2. The first kappa shape index (κ1) is 25.9. The van der Waals surface area contributed by atoms with Crippen LogP contribution in [0.1, 0.15) is 23.1 Å². The van der Waals surface area contributed by atoms with Gasteiger partial charge in [-0.3, -0.25) is 9.69 Å². The highest BCUT2D eigenvalue weighted by Crippen LogP contribution is 2.51. The van der Waals surface area contributed by atoms with Crippen molar-refractivity contribution in [2.24, 2.45) is 4.99 Å². The fraction of sp³-hybridized carbons (Fsp3) is 0.207. The molecule has 7 nitrogen and oxygen atoms in total. The van der Waals surface area contributed by atoms with E-state index in [0.29, 0.717) is 40.8 Å². The summed E-state index contributed by atoms with van der Waals surface area (Å²) in [5, 5.41) is 23.2. The molecule has 3 aromatic carbocycles. The van der Waals surface area contributed by atoms with E-state index in [-0.39, 0.29) is 12.5 Å². The third-order valence-corrected chi connectivity index (χ3v) is 8.71. The van der Waals surface area contributed by atoms with Gasteiger partial charge in [-0.25, -0.2) is 4.99 Å². The first-order chi connectivity index (χ1) is 18.5. The molecule has 2 heterocycles. The number of nitriles is 1. The zero-order valence-corrected chi connectivity index (χ0v) is 22.8. The lowest BCUT2D eigenvalue weighted by Crippen LogP contribution is -2.29. The van der Waals surface area contributed by atoms with Gasteiger partial charge in [0.15, 0.2) is 5.17 Å². The first-order valence-electron chi connectivity index (χ1n) is 12.3. The summed E-state index contributed by atoms with van der Waals surface area (Å²) in [5.74, 6) is -0.0878. The molecule has 1 amide bonds. The average molecular weight is 542 g/mol. The van der Waals surface area contributed by atoms with Crippen molar-refractivity contribution >= 4 is 51.7 Å². The summed E-state index contributed by atoms with van der Waals surface area (Å²) in [6, 6.07) is 23.6. The van der Waals surface area contributed by atoms with Gasteiger partial charge < -0.3 is 15.3 Å². The number of hydrogen-bond donors (Lipinski definition) is 2. The lowest BCUT2D eigenvalue weighted by molar-refractivity contribution is -0.122. The van der Waals surface area contributed by atoms with Crippen LogP contribution in [0.4, 0.5) is 17.1 Å². The van der Waals surface area contributed by atoms with Crippen molar-refractivity contribution in [3.8, 4) is 6.07 Å². The summed E-state index contributed by atoms with van der Waals surface area (Å²) in [5.41, 5.74) is 5.18. The second-order valence-corrected chi connectivity index (χ2v) is 11.0. The number of carbonyl (C=O) groups excluding carboxylic acids is 1. The molecule has 3 aromatic rings. The molecule has 0 aromatic heterocycles. The van der Waals surface area contributed by atoms with E-state index in [1.807, 2.05) is 56.4 Å². The fourth-order valence-electron chi connectivity index (χ4n) is 4.20. The average Bonchev–Trinajstić information content (AvgIpc) is 3.41. The number of nitrogens with one attached hydrogen (secondary N) is 1. The lowest BCUT2D eigenvalue weighted by Gasteiger charge is -2.17. The molecule has 0 unspecified atom stereocenters. The minimum absolute atomic E-state index is 0.0878. The number of thioether (sulfide) groups is 2. The Morgan fingerprint density at radius 2 is 1.89 bits per heavy atom. The van der Waals surface area contributed by atoms with Gasteiger partial charge in [-0.2, -0.15) is 5.26 Å². The summed E-state index contributed by atoms with van der Waals surface area (Å²) in [6.07, 6.45) is 0.681. The maximum Gasteiger partial charge on any atom is 0.269 e. The number of aliphatic hydroxyl groups is 1. The fourth-order valence-corrected chi connectivity index (χ4v) is 6.58. The number of benzene rings is 3. The third kappa shape index (κ3) is 5.29. The topological polar surface area (TPSA) is 92.0 Å². The van der Waals surface area contributed by atoms with Crippen molar-refractivity contribution in [1.82, 2.24) is 4.90 Å². The number of hydrogen-bond acceptors (Lipinski definition) is 8. The van der Waals surface area contributed by atoms with Crippen LogP contribution in [0.5, 0.6) is 0 Å². The molecule has 1 fully saturated rings. The van der Waals surface area contributed by atoms with E-state index in [1.165, 1.54) is 11.8 Å². The highest BCUT2D eigenvalue weighted by Gasteiger charge is 2.39. The van der Waals surface area contributed by atoms with Gasteiger partial charge in [-0.15, -0.1) is 0 Å². The Bertz CT molecular complexity index is 1480. The van der Waals surface area contributed by atoms with Crippen LogP contribution in [0.2, 0.25) is 0 Å². The zero-order chi connectivity index (χ0) is 26.6. The maximum atomic E-state index is 13.9. The first-order valence-corrected chi connectivity index (χ1v) is 13.9. The molecular weight excluding hydrogens is 514 g/mol. The second kappa shape index (κ2) is 11.4. The van der Waals surface area contributed by atoms with Gasteiger partial charge in [0.05, 0.1) is 34.6 Å². The highest BCUT2D eigenvalue weighted by molar-refractivity contribution is 8.19. The molecule has 2 aliphatic heterocycles. The van der Waals surface area contributed by atoms with Gasteiger partial charge in [-0.05, 0) is 66.6 Å². The smallest absolute Gasteiger partial charge is 0.269 e. The molecule has 0 radical (unpaired) electrons. The molecule has 38 heavy (non-hydrogen) atoms. The lowest BCUT2D eigenvalue weighted by atomic mass is 10.1. The Morgan fingerprint density at radius 3 is 2.66 bits per heavy atom. The minimum Gasteiger partial charge on any atom is -0.396 e. The van der Waals surface area contributed by atoms with Crippen LogP contribution in [-0.2, 0) is 11.3 Å². The van der Waals surface area contributed by atoms with Crippen LogP contribution in [0, 0.1) is 18.3 Å².